The number of amides is 3. The molecule has 0 spiro atoms. The van der Waals surface area contributed by atoms with Gasteiger partial charge in [0.25, 0.3) is 17.7 Å². The average Bonchev–Trinajstić information content (AvgIpc) is 3.02. The van der Waals surface area contributed by atoms with E-state index in [0.717, 1.165) is 17.0 Å². The summed E-state index contributed by atoms with van der Waals surface area (Å²) in [7, 11) is 0. The van der Waals surface area contributed by atoms with E-state index in [1.807, 2.05) is 0 Å². The van der Waals surface area contributed by atoms with Crippen LogP contribution in [-0.2, 0) is 6.54 Å². The van der Waals surface area contributed by atoms with Crippen LogP contribution in [-0.4, -0.2) is 28.8 Å². The topological polar surface area (TPSA) is 104 Å². The Morgan fingerprint density at radius 3 is 2.29 bits per heavy atom. The van der Waals surface area contributed by atoms with Crippen molar-refractivity contribution in [1.29, 1.82) is 0 Å². The molecule has 0 atom stereocenters. The molecule has 0 aromatic heterocycles. The Balaban J connectivity index is 1.53. The fourth-order valence-corrected chi connectivity index (χ4v) is 3.31. The minimum Gasteiger partial charge on any atom is -0.478 e. The predicted octanol–water partition coefficient (Wildman–Crippen LogP) is 3.25. The first-order valence-corrected chi connectivity index (χ1v) is 9.24. The van der Waals surface area contributed by atoms with E-state index < -0.39 is 29.5 Å². The number of imide groups is 1. The normalized spacial score (nSPS) is 12.6. The predicted molar refractivity (Wildman–Crippen MR) is 109 cm³/mol. The standard InChI is InChI=1S/C23H15FN2O5/c24-16-5-7-17(8-6-16)26-21(28)18-9-4-14(11-19(18)22(26)29)20(27)25-12-13-2-1-3-15(10-13)23(30)31/h1-11H,12H2,(H,25,27)(H,30,31). The summed E-state index contributed by atoms with van der Waals surface area (Å²) < 4.78 is 13.2. The highest BCUT2D eigenvalue weighted by Crippen LogP contribution is 2.29. The van der Waals surface area contributed by atoms with E-state index >= 15 is 0 Å². The van der Waals surface area contributed by atoms with Gasteiger partial charge >= 0.3 is 5.97 Å². The fraction of sp³-hybridized carbons (Fsp3) is 0.0435. The van der Waals surface area contributed by atoms with Gasteiger partial charge in [-0.3, -0.25) is 14.4 Å². The second-order valence-electron chi connectivity index (χ2n) is 6.87. The molecular formula is C23H15FN2O5. The van der Waals surface area contributed by atoms with Gasteiger partial charge in [0.1, 0.15) is 5.82 Å². The van der Waals surface area contributed by atoms with E-state index in [2.05, 4.69) is 5.32 Å². The third-order valence-corrected chi connectivity index (χ3v) is 4.86. The van der Waals surface area contributed by atoms with Gasteiger partial charge in [0.2, 0.25) is 0 Å². The highest BCUT2D eigenvalue weighted by atomic mass is 19.1. The number of halogens is 1. The van der Waals surface area contributed by atoms with Crippen LogP contribution in [0.25, 0.3) is 0 Å². The molecule has 4 rings (SSSR count). The lowest BCUT2D eigenvalue weighted by Crippen LogP contribution is -2.29. The van der Waals surface area contributed by atoms with Crippen molar-refractivity contribution in [3.63, 3.8) is 0 Å². The number of nitrogens with one attached hydrogen (secondary N) is 1. The van der Waals surface area contributed by atoms with E-state index in [1.165, 1.54) is 42.5 Å². The largest absolute Gasteiger partial charge is 0.478 e. The zero-order valence-corrected chi connectivity index (χ0v) is 16.0. The first-order valence-electron chi connectivity index (χ1n) is 9.24. The van der Waals surface area contributed by atoms with E-state index in [-0.39, 0.29) is 34.5 Å². The number of aromatic carboxylic acids is 1. The van der Waals surface area contributed by atoms with Crippen LogP contribution in [0, 0.1) is 5.82 Å². The minimum absolute atomic E-state index is 0.0786. The summed E-state index contributed by atoms with van der Waals surface area (Å²) in [6.45, 7) is 0.0889. The summed E-state index contributed by atoms with van der Waals surface area (Å²) in [5, 5.41) is 11.7. The van der Waals surface area contributed by atoms with Crippen molar-refractivity contribution in [2.75, 3.05) is 4.90 Å². The first-order chi connectivity index (χ1) is 14.8. The van der Waals surface area contributed by atoms with Crippen molar-refractivity contribution < 1.29 is 28.7 Å². The SMILES string of the molecule is O=C(O)c1cccc(CNC(=O)c2ccc3c(c2)C(=O)N(c2ccc(F)cc2)C3=O)c1. The number of hydrogen-bond acceptors (Lipinski definition) is 4. The molecule has 1 aliphatic rings. The summed E-state index contributed by atoms with van der Waals surface area (Å²) in [6.07, 6.45) is 0. The lowest BCUT2D eigenvalue weighted by Gasteiger charge is -2.13. The van der Waals surface area contributed by atoms with Gasteiger partial charge in [-0.05, 0) is 60.2 Å². The summed E-state index contributed by atoms with van der Waals surface area (Å²) in [5.74, 6) is -3.20. The lowest BCUT2D eigenvalue weighted by molar-refractivity contribution is 0.0696. The van der Waals surface area contributed by atoms with E-state index in [1.54, 1.807) is 12.1 Å². The van der Waals surface area contributed by atoms with Gasteiger partial charge in [-0.1, -0.05) is 12.1 Å². The quantitative estimate of drug-likeness (QED) is 0.619. The number of nitrogens with zero attached hydrogens (tertiary/aromatic N) is 1. The molecule has 1 aliphatic heterocycles. The monoisotopic (exact) mass is 418 g/mol. The van der Waals surface area contributed by atoms with Gasteiger partial charge < -0.3 is 10.4 Å². The number of hydrogen-bond donors (Lipinski definition) is 2. The zero-order chi connectivity index (χ0) is 22.1. The molecule has 8 heteroatoms. The van der Waals surface area contributed by atoms with Gasteiger partial charge in [0.05, 0.1) is 22.4 Å². The second-order valence-corrected chi connectivity index (χ2v) is 6.87. The lowest BCUT2D eigenvalue weighted by atomic mass is 10.1. The van der Waals surface area contributed by atoms with Crippen LogP contribution in [0.2, 0.25) is 0 Å². The molecule has 1 heterocycles. The fourth-order valence-electron chi connectivity index (χ4n) is 3.31. The minimum atomic E-state index is -1.07. The van der Waals surface area contributed by atoms with Crippen LogP contribution < -0.4 is 10.2 Å². The van der Waals surface area contributed by atoms with Crippen molar-refractivity contribution in [3.05, 3.63) is 100 Å². The molecule has 0 saturated heterocycles. The van der Waals surface area contributed by atoms with Gasteiger partial charge in [0, 0.05) is 12.1 Å². The molecule has 0 unspecified atom stereocenters. The number of carboxylic acid groups (broad SMARTS) is 1. The van der Waals surface area contributed by atoms with Crippen LogP contribution in [0.15, 0.2) is 66.7 Å². The third kappa shape index (κ3) is 3.78. The number of carboxylic acids is 1. The number of benzene rings is 3. The number of anilines is 1. The molecule has 0 radical (unpaired) electrons. The Morgan fingerprint density at radius 1 is 0.871 bits per heavy atom. The summed E-state index contributed by atoms with van der Waals surface area (Å²) in [6, 6.07) is 15.3. The molecule has 7 nitrogen and oxygen atoms in total. The Bertz CT molecular complexity index is 1240. The maximum Gasteiger partial charge on any atom is 0.335 e. The van der Waals surface area contributed by atoms with Gasteiger partial charge in [-0.15, -0.1) is 0 Å². The molecule has 0 saturated carbocycles. The molecule has 3 aromatic carbocycles. The third-order valence-electron chi connectivity index (χ3n) is 4.86. The van der Waals surface area contributed by atoms with Crippen molar-refractivity contribution in [2.24, 2.45) is 0 Å². The maximum absolute atomic E-state index is 13.2. The highest BCUT2D eigenvalue weighted by Gasteiger charge is 2.37. The number of carbonyl (C=O) groups excluding carboxylic acids is 3. The van der Waals surface area contributed by atoms with Crippen LogP contribution in [0.4, 0.5) is 10.1 Å². The van der Waals surface area contributed by atoms with Gasteiger partial charge in [-0.2, -0.15) is 0 Å². The van der Waals surface area contributed by atoms with Crippen molar-refractivity contribution in [1.82, 2.24) is 5.32 Å². The van der Waals surface area contributed by atoms with Crippen molar-refractivity contribution in [2.45, 2.75) is 6.54 Å². The van der Waals surface area contributed by atoms with Gasteiger partial charge in [-0.25, -0.2) is 14.1 Å². The van der Waals surface area contributed by atoms with Crippen molar-refractivity contribution >= 4 is 29.4 Å². The molecule has 154 valence electrons. The summed E-state index contributed by atoms with van der Waals surface area (Å²) in [5.41, 5.74) is 1.35. The molecule has 0 fully saturated rings. The Labute approximate surface area is 175 Å². The van der Waals surface area contributed by atoms with Crippen LogP contribution in [0.1, 0.15) is 47.0 Å². The average molecular weight is 418 g/mol. The summed E-state index contributed by atoms with van der Waals surface area (Å²) >= 11 is 0. The molecule has 0 aliphatic carbocycles. The van der Waals surface area contributed by atoms with Crippen LogP contribution in [0.3, 0.4) is 0 Å². The van der Waals surface area contributed by atoms with Crippen molar-refractivity contribution in [3.8, 4) is 0 Å². The zero-order valence-electron chi connectivity index (χ0n) is 16.0. The van der Waals surface area contributed by atoms with Gasteiger partial charge in [0.15, 0.2) is 0 Å². The Kier molecular flexibility index (Phi) is 5.04. The molecular weight excluding hydrogens is 403 g/mol. The maximum atomic E-state index is 13.2. The first kappa shape index (κ1) is 20.0. The van der Waals surface area contributed by atoms with E-state index in [4.69, 9.17) is 5.11 Å². The number of carbonyl (C=O) groups is 4. The molecule has 3 amide bonds. The molecule has 2 N–H and O–H groups in total. The Morgan fingerprint density at radius 2 is 1.58 bits per heavy atom. The van der Waals surface area contributed by atoms with E-state index in [9.17, 15) is 23.6 Å². The molecule has 31 heavy (non-hydrogen) atoms. The number of fused-ring (bicyclic) bond motifs is 1. The summed E-state index contributed by atoms with van der Waals surface area (Å²) in [4.78, 5) is 49.9. The van der Waals surface area contributed by atoms with E-state index in [0.29, 0.717) is 5.56 Å². The molecule has 3 aromatic rings. The smallest absolute Gasteiger partial charge is 0.335 e. The number of rotatable bonds is 5. The second kappa shape index (κ2) is 7.83. The Hall–Kier alpha value is -4.33. The van der Waals surface area contributed by atoms with Crippen LogP contribution >= 0.6 is 0 Å². The molecule has 0 bridgehead atoms. The van der Waals surface area contributed by atoms with Crippen LogP contribution in [0.5, 0.6) is 0 Å². The highest BCUT2D eigenvalue weighted by molar-refractivity contribution is 6.34.